The molecule has 82 valence electrons. The predicted molar refractivity (Wildman–Crippen MR) is 64.8 cm³/mol. The van der Waals surface area contributed by atoms with Crippen LogP contribution < -0.4 is 0 Å². The van der Waals surface area contributed by atoms with Crippen LogP contribution in [0.3, 0.4) is 0 Å². The van der Waals surface area contributed by atoms with Gasteiger partial charge in [0.15, 0.2) is 0 Å². The Labute approximate surface area is 95.2 Å². The average Bonchev–Trinajstić information content (AvgIpc) is 2.69. The van der Waals surface area contributed by atoms with Crippen LogP contribution in [0, 0.1) is 0 Å². The zero-order valence-corrected chi connectivity index (χ0v) is 10.3. The highest BCUT2D eigenvalue weighted by atomic mass is 32.1. The maximum atomic E-state index is 11.8. The molecule has 3 heteroatoms. The molecule has 0 fully saturated rings. The molecule has 2 nitrogen and oxygen atoms in total. The summed E-state index contributed by atoms with van der Waals surface area (Å²) in [6, 6.07) is 2.05. The number of carbonyl (C=O) groups excluding carboxylic acids is 1. The molecule has 1 aromatic rings. The van der Waals surface area contributed by atoms with Gasteiger partial charge >= 0.3 is 0 Å². The quantitative estimate of drug-likeness (QED) is 0.718. The molecular formula is C12H17NOS. The number of hydrogen-bond donors (Lipinski definition) is 0. The van der Waals surface area contributed by atoms with Gasteiger partial charge in [0.25, 0.3) is 0 Å². The highest BCUT2D eigenvalue weighted by molar-refractivity contribution is 7.07. The van der Waals surface area contributed by atoms with Crippen LogP contribution in [-0.4, -0.2) is 17.9 Å². The summed E-state index contributed by atoms with van der Waals surface area (Å²) in [6.45, 7) is 4.60. The number of carbonyl (C=O) groups is 1. The summed E-state index contributed by atoms with van der Waals surface area (Å²) in [4.78, 5) is 13.6. The van der Waals surface area contributed by atoms with E-state index in [0.717, 1.165) is 12.0 Å². The first kappa shape index (κ1) is 12.0. The van der Waals surface area contributed by atoms with Gasteiger partial charge in [-0.25, -0.2) is 0 Å². The van der Waals surface area contributed by atoms with Crippen LogP contribution in [-0.2, 0) is 11.3 Å². The molecular weight excluding hydrogens is 206 g/mol. The van der Waals surface area contributed by atoms with Gasteiger partial charge in [-0.2, -0.15) is 11.3 Å². The highest BCUT2D eigenvalue weighted by Crippen LogP contribution is 2.10. The predicted octanol–water partition coefficient (Wildman–Crippen LogP) is 3.06. The molecule has 0 atom stereocenters. The first-order valence-electron chi connectivity index (χ1n) is 5.08. The van der Waals surface area contributed by atoms with Crippen molar-refractivity contribution in [2.45, 2.75) is 26.8 Å². The Hall–Kier alpha value is -1.09. The van der Waals surface area contributed by atoms with Gasteiger partial charge < -0.3 is 4.90 Å². The number of allylic oxidation sites excluding steroid dienone is 1. The van der Waals surface area contributed by atoms with Gasteiger partial charge in [-0.1, -0.05) is 13.0 Å². The van der Waals surface area contributed by atoms with E-state index in [1.807, 2.05) is 38.4 Å². The molecule has 1 amide bonds. The summed E-state index contributed by atoms with van der Waals surface area (Å²) in [6.07, 6.45) is 2.87. The van der Waals surface area contributed by atoms with Gasteiger partial charge in [0, 0.05) is 19.2 Å². The fraction of sp³-hybridized carbons (Fsp3) is 0.417. The molecule has 0 radical (unpaired) electrons. The Morgan fingerprint density at radius 1 is 1.60 bits per heavy atom. The normalized spacial score (nSPS) is 11.5. The lowest BCUT2D eigenvalue weighted by Crippen LogP contribution is -2.26. The fourth-order valence-electron chi connectivity index (χ4n) is 1.42. The molecule has 1 rings (SSSR count). The SMILES string of the molecule is CCC=C(C)C(=O)N(C)Cc1ccsc1. The molecule has 1 aromatic heterocycles. The van der Waals surface area contributed by atoms with Gasteiger partial charge in [0.1, 0.15) is 0 Å². The third-order valence-corrected chi connectivity index (χ3v) is 2.93. The first-order chi connectivity index (χ1) is 7.15. The van der Waals surface area contributed by atoms with Crippen molar-refractivity contribution in [2.24, 2.45) is 0 Å². The van der Waals surface area contributed by atoms with Gasteiger partial charge in [-0.15, -0.1) is 0 Å². The van der Waals surface area contributed by atoms with Crippen LogP contribution in [0.1, 0.15) is 25.8 Å². The minimum Gasteiger partial charge on any atom is -0.338 e. The minimum atomic E-state index is 0.114. The molecule has 0 aliphatic rings. The second kappa shape index (κ2) is 5.71. The smallest absolute Gasteiger partial charge is 0.249 e. The lowest BCUT2D eigenvalue weighted by atomic mass is 10.2. The summed E-state index contributed by atoms with van der Waals surface area (Å²) in [5.74, 6) is 0.114. The Bertz CT molecular complexity index is 341. The lowest BCUT2D eigenvalue weighted by molar-refractivity contribution is -0.126. The van der Waals surface area contributed by atoms with E-state index < -0.39 is 0 Å². The van der Waals surface area contributed by atoms with Crippen LogP contribution in [0.2, 0.25) is 0 Å². The van der Waals surface area contributed by atoms with Gasteiger partial charge in [0.05, 0.1) is 0 Å². The van der Waals surface area contributed by atoms with E-state index in [-0.39, 0.29) is 5.91 Å². The molecule has 0 saturated carbocycles. The van der Waals surface area contributed by atoms with Crippen LogP contribution in [0.4, 0.5) is 0 Å². The van der Waals surface area contributed by atoms with Crippen LogP contribution in [0.25, 0.3) is 0 Å². The van der Waals surface area contributed by atoms with Crippen molar-refractivity contribution >= 4 is 17.2 Å². The Kier molecular flexibility index (Phi) is 4.56. The van der Waals surface area contributed by atoms with Gasteiger partial charge in [-0.3, -0.25) is 4.79 Å². The average molecular weight is 223 g/mol. The van der Waals surface area contributed by atoms with Gasteiger partial charge in [0.2, 0.25) is 5.91 Å². The van der Waals surface area contributed by atoms with Crippen molar-refractivity contribution in [3.63, 3.8) is 0 Å². The molecule has 0 unspecified atom stereocenters. The zero-order chi connectivity index (χ0) is 11.3. The van der Waals surface area contributed by atoms with Crippen LogP contribution in [0.5, 0.6) is 0 Å². The lowest BCUT2D eigenvalue weighted by Gasteiger charge is -2.16. The molecule has 15 heavy (non-hydrogen) atoms. The monoisotopic (exact) mass is 223 g/mol. The highest BCUT2D eigenvalue weighted by Gasteiger charge is 2.10. The number of hydrogen-bond acceptors (Lipinski definition) is 2. The third kappa shape index (κ3) is 3.51. The summed E-state index contributed by atoms with van der Waals surface area (Å²) in [5, 5.41) is 4.10. The Morgan fingerprint density at radius 3 is 2.87 bits per heavy atom. The largest absolute Gasteiger partial charge is 0.338 e. The van der Waals surface area contributed by atoms with E-state index in [1.165, 1.54) is 5.56 Å². The van der Waals surface area contributed by atoms with Crippen molar-refractivity contribution in [2.75, 3.05) is 7.05 Å². The number of nitrogens with zero attached hydrogens (tertiary/aromatic N) is 1. The number of likely N-dealkylation sites (N-methyl/N-ethyl adjacent to an activating group) is 1. The van der Waals surface area contributed by atoms with Crippen molar-refractivity contribution in [3.05, 3.63) is 34.0 Å². The molecule has 0 spiro atoms. The Morgan fingerprint density at radius 2 is 2.33 bits per heavy atom. The minimum absolute atomic E-state index is 0.114. The van der Waals surface area contributed by atoms with Crippen molar-refractivity contribution in [1.29, 1.82) is 0 Å². The zero-order valence-electron chi connectivity index (χ0n) is 9.49. The maximum Gasteiger partial charge on any atom is 0.249 e. The van der Waals surface area contributed by atoms with E-state index in [4.69, 9.17) is 0 Å². The Balaban J connectivity index is 2.57. The van der Waals surface area contributed by atoms with Crippen molar-refractivity contribution in [1.82, 2.24) is 4.90 Å². The molecule has 0 aromatic carbocycles. The molecule has 0 aliphatic heterocycles. The topological polar surface area (TPSA) is 20.3 Å². The summed E-state index contributed by atoms with van der Waals surface area (Å²) >= 11 is 1.66. The second-order valence-electron chi connectivity index (χ2n) is 3.59. The van der Waals surface area contributed by atoms with Gasteiger partial charge in [-0.05, 0) is 35.7 Å². The second-order valence-corrected chi connectivity index (χ2v) is 4.37. The third-order valence-electron chi connectivity index (χ3n) is 2.19. The molecule has 0 aliphatic carbocycles. The van der Waals surface area contributed by atoms with E-state index in [1.54, 1.807) is 16.2 Å². The standard InChI is InChI=1S/C12H17NOS/c1-4-5-10(2)12(14)13(3)8-11-6-7-15-9-11/h5-7,9H,4,8H2,1-3H3. The van der Waals surface area contributed by atoms with Crippen LogP contribution in [0.15, 0.2) is 28.5 Å². The molecule has 0 saturated heterocycles. The van der Waals surface area contributed by atoms with E-state index in [2.05, 4.69) is 5.38 Å². The summed E-state index contributed by atoms with van der Waals surface area (Å²) < 4.78 is 0. The molecule has 0 bridgehead atoms. The number of rotatable bonds is 4. The molecule has 0 N–H and O–H groups in total. The maximum absolute atomic E-state index is 11.8. The van der Waals surface area contributed by atoms with E-state index in [0.29, 0.717) is 6.54 Å². The summed E-state index contributed by atoms with van der Waals surface area (Å²) in [7, 11) is 1.84. The first-order valence-corrected chi connectivity index (χ1v) is 6.02. The van der Waals surface area contributed by atoms with Crippen molar-refractivity contribution in [3.8, 4) is 0 Å². The van der Waals surface area contributed by atoms with Crippen molar-refractivity contribution < 1.29 is 4.79 Å². The van der Waals surface area contributed by atoms with Crippen LogP contribution >= 0.6 is 11.3 Å². The number of thiophene rings is 1. The molecule has 1 heterocycles. The van der Waals surface area contributed by atoms with E-state index in [9.17, 15) is 4.79 Å². The van der Waals surface area contributed by atoms with E-state index >= 15 is 0 Å². The number of amides is 1. The fourth-order valence-corrected chi connectivity index (χ4v) is 2.08. The summed E-state index contributed by atoms with van der Waals surface area (Å²) in [5.41, 5.74) is 2.02.